The molecule has 0 saturated heterocycles. The van der Waals surface area contributed by atoms with E-state index in [-0.39, 0.29) is 0 Å². The van der Waals surface area contributed by atoms with E-state index in [2.05, 4.69) is 31.2 Å². The normalized spacial score (nSPS) is 15.3. The Balaban J connectivity index is 2.50. The molecule has 0 aliphatic heterocycles. The van der Waals surface area contributed by atoms with Gasteiger partial charge in [0, 0.05) is 18.8 Å². The van der Waals surface area contributed by atoms with E-state index in [9.17, 15) is 0 Å². The van der Waals surface area contributed by atoms with E-state index in [1.54, 1.807) is 0 Å². The largest absolute Gasteiger partial charge is 0.312 e. The molecule has 1 rings (SSSR count). The van der Waals surface area contributed by atoms with E-state index in [1.165, 1.54) is 0 Å². The number of hydrogen-bond donors (Lipinski definition) is 1. The highest BCUT2D eigenvalue weighted by molar-refractivity contribution is 6.31. The molecule has 0 spiro atoms. The number of nitrogens with zero attached hydrogens (tertiary/aromatic N) is 2. The molecule has 0 radical (unpaired) electrons. The first-order valence-corrected chi connectivity index (χ1v) is 5.87. The minimum absolute atomic E-state index is 0.338. The third-order valence-corrected chi connectivity index (χ3v) is 3.05. The minimum Gasteiger partial charge on any atom is -0.312 e. The third kappa shape index (κ3) is 3.50. The molecule has 1 N–H and O–H groups in total. The average Bonchev–Trinajstić information content (AvgIpc) is 2.55. The van der Waals surface area contributed by atoms with Gasteiger partial charge in [-0.3, -0.25) is 4.68 Å². The van der Waals surface area contributed by atoms with Gasteiger partial charge in [-0.15, -0.1) is 0 Å². The van der Waals surface area contributed by atoms with Crippen LogP contribution in [0.4, 0.5) is 0 Å². The topological polar surface area (TPSA) is 29.9 Å². The van der Waals surface area contributed by atoms with Crippen LogP contribution in [0.25, 0.3) is 0 Å². The van der Waals surface area contributed by atoms with Gasteiger partial charge in [-0.1, -0.05) is 18.5 Å². The van der Waals surface area contributed by atoms with Crippen molar-refractivity contribution in [2.45, 2.75) is 46.2 Å². The number of rotatable bonds is 5. The SMILES string of the molecule is CCC(C)NCC(C)n1cc(Cl)c(C)n1. The lowest BCUT2D eigenvalue weighted by Gasteiger charge is -2.16. The van der Waals surface area contributed by atoms with Crippen molar-refractivity contribution in [1.82, 2.24) is 15.1 Å². The van der Waals surface area contributed by atoms with Crippen molar-refractivity contribution in [3.8, 4) is 0 Å². The summed E-state index contributed by atoms with van der Waals surface area (Å²) in [6.07, 6.45) is 3.03. The lowest BCUT2D eigenvalue weighted by atomic mass is 10.2. The van der Waals surface area contributed by atoms with Crippen LogP contribution in [0.2, 0.25) is 5.02 Å². The molecule has 0 aliphatic carbocycles. The Morgan fingerprint density at radius 1 is 1.53 bits per heavy atom. The summed E-state index contributed by atoms with van der Waals surface area (Å²) >= 11 is 5.96. The second-order valence-electron chi connectivity index (χ2n) is 4.11. The molecule has 1 aromatic heterocycles. The summed E-state index contributed by atoms with van der Waals surface area (Å²) in [6, 6.07) is 0.893. The van der Waals surface area contributed by atoms with Crippen molar-refractivity contribution in [2.75, 3.05) is 6.54 Å². The van der Waals surface area contributed by atoms with E-state index in [4.69, 9.17) is 11.6 Å². The van der Waals surface area contributed by atoms with Crippen molar-refractivity contribution < 1.29 is 0 Å². The molecule has 2 unspecified atom stereocenters. The summed E-state index contributed by atoms with van der Waals surface area (Å²) in [5.74, 6) is 0. The molecule has 4 heteroatoms. The zero-order chi connectivity index (χ0) is 11.4. The summed E-state index contributed by atoms with van der Waals surface area (Å²) in [5.41, 5.74) is 0.895. The van der Waals surface area contributed by atoms with Crippen molar-refractivity contribution >= 4 is 11.6 Å². The van der Waals surface area contributed by atoms with Gasteiger partial charge in [-0.05, 0) is 27.2 Å². The highest BCUT2D eigenvalue weighted by Crippen LogP contribution is 2.15. The van der Waals surface area contributed by atoms with Crippen LogP contribution in [0.1, 0.15) is 38.9 Å². The molecule has 2 atom stereocenters. The monoisotopic (exact) mass is 229 g/mol. The van der Waals surface area contributed by atoms with Crippen molar-refractivity contribution in [3.63, 3.8) is 0 Å². The Labute approximate surface area is 96.8 Å². The van der Waals surface area contributed by atoms with Crippen LogP contribution < -0.4 is 5.32 Å². The number of hydrogen-bond acceptors (Lipinski definition) is 2. The van der Waals surface area contributed by atoms with Crippen molar-refractivity contribution in [3.05, 3.63) is 16.9 Å². The molecule has 0 aliphatic rings. The average molecular weight is 230 g/mol. The Kier molecular flexibility index (Phi) is 4.61. The van der Waals surface area contributed by atoms with Gasteiger partial charge in [0.1, 0.15) is 0 Å². The second kappa shape index (κ2) is 5.52. The number of halogens is 1. The minimum atomic E-state index is 0.338. The van der Waals surface area contributed by atoms with Crippen LogP contribution in [0.5, 0.6) is 0 Å². The summed E-state index contributed by atoms with van der Waals surface area (Å²) in [6.45, 7) is 9.35. The van der Waals surface area contributed by atoms with Crippen LogP contribution in [-0.4, -0.2) is 22.4 Å². The molecule has 0 amide bonds. The Morgan fingerprint density at radius 2 is 2.20 bits per heavy atom. The summed E-state index contributed by atoms with van der Waals surface area (Å²) in [7, 11) is 0. The van der Waals surface area contributed by atoms with Gasteiger partial charge in [-0.2, -0.15) is 5.10 Å². The second-order valence-corrected chi connectivity index (χ2v) is 4.52. The summed E-state index contributed by atoms with van der Waals surface area (Å²) in [5, 5.41) is 8.56. The van der Waals surface area contributed by atoms with E-state index in [0.29, 0.717) is 12.1 Å². The molecule has 0 saturated carbocycles. The fraction of sp³-hybridized carbons (Fsp3) is 0.727. The molecule has 0 aromatic carbocycles. The quantitative estimate of drug-likeness (QED) is 0.842. The summed E-state index contributed by atoms with van der Waals surface area (Å²) in [4.78, 5) is 0. The van der Waals surface area contributed by atoms with Gasteiger partial charge in [-0.25, -0.2) is 0 Å². The number of nitrogens with one attached hydrogen (secondary N) is 1. The summed E-state index contributed by atoms with van der Waals surface area (Å²) < 4.78 is 1.92. The van der Waals surface area contributed by atoms with E-state index in [0.717, 1.165) is 23.7 Å². The zero-order valence-corrected chi connectivity index (χ0v) is 10.7. The van der Waals surface area contributed by atoms with Gasteiger partial charge >= 0.3 is 0 Å². The lowest BCUT2D eigenvalue weighted by molar-refractivity contribution is 0.418. The van der Waals surface area contributed by atoms with Crippen LogP contribution >= 0.6 is 11.6 Å². The van der Waals surface area contributed by atoms with Gasteiger partial charge in [0.25, 0.3) is 0 Å². The number of aryl methyl sites for hydroxylation is 1. The van der Waals surface area contributed by atoms with E-state index in [1.807, 2.05) is 17.8 Å². The van der Waals surface area contributed by atoms with Crippen LogP contribution in [0.15, 0.2) is 6.20 Å². The first kappa shape index (κ1) is 12.5. The zero-order valence-electron chi connectivity index (χ0n) is 9.92. The number of aromatic nitrogens is 2. The molecule has 1 heterocycles. The molecule has 0 bridgehead atoms. The Morgan fingerprint density at radius 3 is 2.67 bits per heavy atom. The molecule has 0 fully saturated rings. The standard InChI is InChI=1S/C11H20ClN3/c1-5-8(2)13-6-9(3)15-7-11(12)10(4)14-15/h7-9,13H,5-6H2,1-4H3. The predicted octanol–water partition coefficient (Wildman–Crippen LogP) is 2.79. The predicted molar refractivity (Wildman–Crippen MR) is 64.4 cm³/mol. The maximum Gasteiger partial charge on any atom is 0.0815 e. The van der Waals surface area contributed by atoms with Crippen LogP contribution in [-0.2, 0) is 0 Å². The lowest BCUT2D eigenvalue weighted by Crippen LogP contribution is -2.31. The molecule has 3 nitrogen and oxygen atoms in total. The van der Waals surface area contributed by atoms with Gasteiger partial charge < -0.3 is 5.32 Å². The highest BCUT2D eigenvalue weighted by Gasteiger charge is 2.09. The maximum atomic E-state index is 5.96. The first-order chi connectivity index (χ1) is 7.04. The smallest absolute Gasteiger partial charge is 0.0815 e. The van der Waals surface area contributed by atoms with Crippen molar-refractivity contribution in [1.29, 1.82) is 0 Å². The van der Waals surface area contributed by atoms with Crippen molar-refractivity contribution in [2.24, 2.45) is 0 Å². The van der Waals surface area contributed by atoms with Crippen LogP contribution in [0, 0.1) is 6.92 Å². The van der Waals surface area contributed by atoms with E-state index >= 15 is 0 Å². The Hall–Kier alpha value is -0.540. The van der Waals surface area contributed by atoms with Gasteiger partial charge in [0.2, 0.25) is 0 Å². The van der Waals surface area contributed by atoms with Gasteiger partial charge in [0.15, 0.2) is 0 Å². The van der Waals surface area contributed by atoms with Crippen LogP contribution in [0.3, 0.4) is 0 Å². The highest BCUT2D eigenvalue weighted by atomic mass is 35.5. The van der Waals surface area contributed by atoms with E-state index < -0.39 is 0 Å². The molecular weight excluding hydrogens is 210 g/mol. The first-order valence-electron chi connectivity index (χ1n) is 5.49. The van der Waals surface area contributed by atoms with Gasteiger partial charge in [0.05, 0.1) is 16.8 Å². The molecule has 15 heavy (non-hydrogen) atoms. The third-order valence-electron chi connectivity index (χ3n) is 2.68. The maximum absolute atomic E-state index is 5.96. The fourth-order valence-corrected chi connectivity index (χ4v) is 1.43. The molecule has 86 valence electrons. The Bertz CT molecular complexity index is 289. The molecule has 1 aromatic rings. The molecular formula is C11H20ClN3. The fourth-order valence-electron chi connectivity index (χ4n) is 1.29.